The van der Waals surface area contributed by atoms with Crippen LogP contribution in [0.3, 0.4) is 0 Å². The van der Waals surface area contributed by atoms with Gasteiger partial charge >= 0.3 is 0 Å². The van der Waals surface area contributed by atoms with Crippen molar-refractivity contribution in [1.29, 1.82) is 0 Å². The zero-order valence-electron chi connectivity index (χ0n) is 17.0. The zero-order chi connectivity index (χ0) is 19.9. The summed E-state index contributed by atoms with van der Waals surface area (Å²) in [5.74, 6) is 1.63. The van der Waals surface area contributed by atoms with E-state index in [1.54, 1.807) is 4.31 Å². The summed E-state index contributed by atoms with van der Waals surface area (Å²) < 4.78 is 24.8. The van der Waals surface area contributed by atoms with Crippen molar-refractivity contribution in [1.82, 2.24) is 14.9 Å². The molecule has 1 heterocycles. The second-order valence-corrected chi connectivity index (χ2v) is 9.44. The molecule has 2 unspecified atom stereocenters. The molecule has 0 amide bonds. The molecule has 1 aliphatic rings. The highest BCUT2D eigenvalue weighted by atomic mass is 32.2. The van der Waals surface area contributed by atoms with E-state index >= 15 is 0 Å². The van der Waals surface area contributed by atoms with Gasteiger partial charge in [-0.1, -0.05) is 37.3 Å². The lowest BCUT2D eigenvalue weighted by atomic mass is 9.94. The molecule has 0 aromatic heterocycles. The van der Waals surface area contributed by atoms with Crippen LogP contribution < -0.4 is 10.6 Å². The number of guanidine groups is 1. The number of hydrogen-bond acceptors (Lipinski definition) is 3. The van der Waals surface area contributed by atoms with Gasteiger partial charge in [-0.15, -0.1) is 0 Å². The van der Waals surface area contributed by atoms with E-state index in [0.29, 0.717) is 24.9 Å². The largest absolute Gasteiger partial charge is 0.357 e. The maximum atomic E-state index is 11.6. The molecule has 0 aliphatic carbocycles. The molecule has 1 saturated heterocycles. The fraction of sp³-hybridized carbons (Fsp3) is 0.650. The van der Waals surface area contributed by atoms with E-state index in [4.69, 9.17) is 4.99 Å². The third-order valence-corrected chi connectivity index (χ3v) is 6.64. The number of sulfonamides is 1. The number of rotatable bonds is 7. The minimum atomic E-state index is -3.07. The zero-order valence-corrected chi connectivity index (χ0v) is 17.8. The second-order valence-electron chi connectivity index (χ2n) is 7.46. The molecule has 1 aromatic carbocycles. The molecule has 1 aromatic rings. The molecule has 0 radical (unpaired) electrons. The average molecular weight is 395 g/mol. The Kier molecular flexibility index (Phi) is 8.10. The van der Waals surface area contributed by atoms with Gasteiger partial charge in [-0.2, -0.15) is 0 Å². The minimum Gasteiger partial charge on any atom is -0.357 e. The monoisotopic (exact) mass is 394 g/mol. The number of benzene rings is 1. The number of nitrogens with zero attached hydrogens (tertiary/aromatic N) is 2. The standard InChI is InChI=1S/C20H34N4O2S/c1-5-21-20(23-17(3)16(2)19-9-7-6-8-10-19)22-15-18-11-13-24(14-12-18)27(4,25)26/h6-10,16-18H,5,11-15H2,1-4H3,(H2,21,22,23). The maximum absolute atomic E-state index is 11.6. The van der Waals surface area contributed by atoms with E-state index in [1.165, 1.54) is 11.8 Å². The topological polar surface area (TPSA) is 73.8 Å². The maximum Gasteiger partial charge on any atom is 0.211 e. The molecular formula is C20H34N4O2S. The van der Waals surface area contributed by atoms with E-state index in [1.807, 2.05) is 6.07 Å². The van der Waals surface area contributed by atoms with Crippen LogP contribution in [0.2, 0.25) is 0 Å². The van der Waals surface area contributed by atoms with Gasteiger partial charge < -0.3 is 10.6 Å². The van der Waals surface area contributed by atoms with Crippen molar-refractivity contribution >= 4 is 16.0 Å². The molecule has 0 spiro atoms. The highest BCUT2D eigenvalue weighted by Gasteiger charge is 2.24. The normalized spacial score (nSPS) is 19.5. The van der Waals surface area contributed by atoms with Gasteiger partial charge in [-0.25, -0.2) is 12.7 Å². The molecule has 2 N–H and O–H groups in total. The van der Waals surface area contributed by atoms with Crippen molar-refractivity contribution in [3.8, 4) is 0 Å². The lowest BCUT2D eigenvalue weighted by Crippen LogP contribution is -2.44. The van der Waals surface area contributed by atoms with Crippen LogP contribution in [0.1, 0.15) is 45.1 Å². The SMILES string of the molecule is CCNC(=NCC1CCN(S(C)(=O)=O)CC1)NC(C)C(C)c1ccccc1. The molecular weight excluding hydrogens is 360 g/mol. The first-order valence-electron chi connectivity index (χ1n) is 9.86. The Morgan fingerprint density at radius 1 is 1.22 bits per heavy atom. The quantitative estimate of drug-likeness (QED) is 0.550. The summed E-state index contributed by atoms with van der Waals surface area (Å²) in [6.07, 6.45) is 3.02. The molecule has 6 nitrogen and oxygen atoms in total. The van der Waals surface area contributed by atoms with Crippen molar-refractivity contribution in [2.45, 2.75) is 45.6 Å². The van der Waals surface area contributed by atoms with Crippen LogP contribution in [0.25, 0.3) is 0 Å². The van der Waals surface area contributed by atoms with Crippen LogP contribution in [-0.4, -0.2) is 57.2 Å². The highest BCUT2D eigenvalue weighted by molar-refractivity contribution is 7.88. The summed E-state index contributed by atoms with van der Waals surface area (Å²) in [7, 11) is -3.07. The fourth-order valence-electron chi connectivity index (χ4n) is 3.35. The third kappa shape index (κ3) is 6.81. The molecule has 2 atom stereocenters. The average Bonchev–Trinajstić information content (AvgIpc) is 2.66. The van der Waals surface area contributed by atoms with Gasteiger partial charge in [-0.05, 0) is 38.2 Å². The Morgan fingerprint density at radius 2 is 1.85 bits per heavy atom. The van der Waals surface area contributed by atoms with Crippen LogP contribution in [0, 0.1) is 5.92 Å². The van der Waals surface area contributed by atoms with Gasteiger partial charge in [-0.3, -0.25) is 4.99 Å². The first-order valence-corrected chi connectivity index (χ1v) is 11.7. The fourth-order valence-corrected chi connectivity index (χ4v) is 4.22. The van der Waals surface area contributed by atoms with Crippen LogP contribution in [0.5, 0.6) is 0 Å². The smallest absolute Gasteiger partial charge is 0.211 e. The molecule has 0 saturated carbocycles. The molecule has 7 heteroatoms. The lowest BCUT2D eigenvalue weighted by Gasteiger charge is -2.29. The second kappa shape index (κ2) is 10.1. The lowest BCUT2D eigenvalue weighted by molar-refractivity contribution is 0.280. The van der Waals surface area contributed by atoms with Crippen molar-refractivity contribution in [2.75, 3.05) is 32.4 Å². The van der Waals surface area contributed by atoms with E-state index in [0.717, 1.165) is 31.9 Å². The number of nitrogens with one attached hydrogen (secondary N) is 2. The number of piperidine rings is 1. The Bertz CT molecular complexity index is 698. The highest BCUT2D eigenvalue weighted by Crippen LogP contribution is 2.20. The summed E-state index contributed by atoms with van der Waals surface area (Å²) >= 11 is 0. The minimum absolute atomic E-state index is 0.247. The summed E-state index contributed by atoms with van der Waals surface area (Å²) in [6.45, 7) is 9.19. The Balaban J connectivity index is 1.90. The Morgan fingerprint density at radius 3 is 2.41 bits per heavy atom. The van der Waals surface area contributed by atoms with Gasteiger partial charge in [0, 0.05) is 38.1 Å². The van der Waals surface area contributed by atoms with Crippen molar-refractivity contribution in [3.05, 3.63) is 35.9 Å². The Hall–Kier alpha value is -1.60. The molecule has 0 bridgehead atoms. The van der Waals surface area contributed by atoms with Crippen LogP contribution in [0.15, 0.2) is 35.3 Å². The number of aliphatic imine (C=N–C) groups is 1. The number of hydrogen-bond donors (Lipinski definition) is 2. The molecule has 2 rings (SSSR count). The van der Waals surface area contributed by atoms with Crippen LogP contribution >= 0.6 is 0 Å². The predicted octanol–water partition coefficient (Wildman–Crippen LogP) is 2.41. The summed E-state index contributed by atoms with van der Waals surface area (Å²) in [6, 6.07) is 10.7. The van der Waals surface area contributed by atoms with Gasteiger partial charge in [0.15, 0.2) is 5.96 Å². The summed E-state index contributed by atoms with van der Waals surface area (Å²) in [5, 5.41) is 6.85. The van der Waals surface area contributed by atoms with Crippen LogP contribution in [-0.2, 0) is 10.0 Å². The first-order chi connectivity index (χ1) is 12.8. The van der Waals surface area contributed by atoms with E-state index in [9.17, 15) is 8.42 Å². The molecule has 1 fully saturated rings. The molecule has 27 heavy (non-hydrogen) atoms. The van der Waals surface area contributed by atoms with E-state index in [2.05, 4.69) is 55.7 Å². The van der Waals surface area contributed by atoms with Gasteiger partial charge in [0.05, 0.1) is 6.26 Å². The van der Waals surface area contributed by atoms with Gasteiger partial charge in [0.2, 0.25) is 10.0 Å². The van der Waals surface area contributed by atoms with Gasteiger partial charge in [0.25, 0.3) is 0 Å². The van der Waals surface area contributed by atoms with E-state index < -0.39 is 10.0 Å². The van der Waals surface area contributed by atoms with E-state index in [-0.39, 0.29) is 6.04 Å². The van der Waals surface area contributed by atoms with Gasteiger partial charge in [0.1, 0.15) is 0 Å². The summed E-state index contributed by atoms with van der Waals surface area (Å²) in [4.78, 5) is 4.77. The van der Waals surface area contributed by atoms with Crippen LogP contribution in [0.4, 0.5) is 0 Å². The Labute approximate surface area is 164 Å². The van der Waals surface area contributed by atoms with Crippen molar-refractivity contribution in [2.24, 2.45) is 10.9 Å². The molecule has 1 aliphatic heterocycles. The summed E-state index contributed by atoms with van der Waals surface area (Å²) in [5.41, 5.74) is 1.31. The predicted molar refractivity (Wildman–Crippen MR) is 113 cm³/mol. The van der Waals surface area contributed by atoms with Crippen molar-refractivity contribution in [3.63, 3.8) is 0 Å². The van der Waals surface area contributed by atoms with Crippen molar-refractivity contribution < 1.29 is 8.42 Å². The third-order valence-electron chi connectivity index (χ3n) is 5.33. The molecule has 152 valence electrons. The first kappa shape index (κ1) is 21.7.